The minimum Gasteiger partial charge on any atom is -0.388 e. The minimum absolute atomic E-state index is 0. The first-order valence-corrected chi connectivity index (χ1v) is 10.7. The van der Waals surface area contributed by atoms with Crippen LogP contribution in [0.5, 0.6) is 0 Å². The lowest BCUT2D eigenvalue weighted by Crippen LogP contribution is -1.55. The van der Waals surface area contributed by atoms with Crippen molar-refractivity contribution in [3.63, 3.8) is 0 Å². The van der Waals surface area contributed by atoms with E-state index in [1.54, 1.807) is 14.2 Å². The molecule has 0 saturated carbocycles. The van der Waals surface area contributed by atoms with E-state index in [0.717, 1.165) is 0 Å². The van der Waals surface area contributed by atoms with Crippen LogP contribution in [0.1, 0.15) is 115 Å². The van der Waals surface area contributed by atoms with Crippen molar-refractivity contribution in [1.29, 1.82) is 0 Å². The molecule has 0 bridgehead atoms. The molecule has 2 heteroatoms. The summed E-state index contributed by atoms with van der Waals surface area (Å²) in [6, 6.07) is 12.0. The van der Waals surface area contributed by atoms with Crippen LogP contribution in [0.15, 0.2) is 36.4 Å². The molecule has 1 rings (SSSR count). The highest BCUT2D eigenvalue weighted by Gasteiger charge is 1.58. The van der Waals surface area contributed by atoms with Gasteiger partial charge in [-0.2, -0.15) is 0 Å². The molecule has 0 unspecified atom stereocenters. The second kappa shape index (κ2) is 114. The van der Waals surface area contributed by atoms with Gasteiger partial charge in [-0.1, -0.05) is 152 Å². The number of benzene rings is 1. The Kier molecular flexibility index (Phi) is 205. The van der Waals surface area contributed by atoms with Crippen LogP contribution >= 0.6 is 0 Å². The average molecular weight is 405 g/mol. The molecule has 0 heterocycles. The summed E-state index contributed by atoms with van der Waals surface area (Å²) in [4.78, 5) is 8.00. The van der Waals surface area contributed by atoms with Crippen LogP contribution in [0.3, 0.4) is 0 Å². The lowest BCUT2D eigenvalue weighted by atomic mass is 10.4. The maximum absolute atomic E-state index is 8.00. The lowest BCUT2D eigenvalue weighted by Gasteiger charge is -1.69. The molecule has 0 radical (unpaired) electrons. The molecule has 176 valence electrons. The lowest BCUT2D eigenvalue weighted by molar-refractivity contribution is -0.0979. The Labute approximate surface area is 182 Å². The summed E-state index contributed by atoms with van der Waals surface area (Å²) in [5, 5.41) is 0. The number of methoxy groups -OCH3 is 1. The predicted octanol–water partition coefficient (Wildman–Crippen LogP) is 9.87. The van der Waals surface area contributed by atoms with Crippen molar-refractivity contribution in [2.24, 2.45) is 0 Å². The van der Waals surface area contributed by atoms with Crippen LogP contribution in [-0.4, -0.2) is 21.0 Å². The van der Waals surface area contributed by atoms with E-state index in [-0.39, 0.29) is 7.43 Å². The zero-order valence-corrected chi connectivity index (χ0v) is 21.2. The summed E-state index contributed by atoms with van der Waals surface area (Å²) in [5.74, 6) is 0. The largest absolute Gasteiger partial charge is 0.388 e. The number of ether oxygens (including phenoxy) is 1. The zero-order chi connectivity index (χ0) is 23.2. The maximum atomic E-state index is 8.00. The summed E-state index contributed by atoms with van der Waals surface area (Å²) in [6.07, 6.45) is 7.64. The Balaban J connectivity index is -0.0000000279. The van der Waals surface area contributed by atoms with E-state index >= 15 is 0 Å². The fraction of sp³-hybridized carbons (Fsp3) is 0.731. The highest BCUT2D eigenvalue weighted by atomic mass is 16.4. The van der Waals surface area contributed by atoms with Crippen LogP contribution in [-0.2, 0) is 9.53 Å². The van der Waals surface area contributed by atoms with Gasteiger partial charge in [0.05, 0.1) is 0 Å². The van der Waals surface area contributed by atoms with Crippen LogP contribution in [0.4, 0.5) is 0 Å². The number of hydrogen-bond acceptors (Lipinski definition) is 2. The number of rotatable bonds is 1. The van der Waals surface area contributed by atoms with Crippen molar-refractivity contribution < 1.29 is 9.53 Å². The highest BCUT2D eigenvalue weighted by Crippen LogP contribution is 1.80. The van der Waals surface area contributed by atoms with Crippen LogP contribution < -0.4 is 0 Å². The van der Waals surface area contributed by atoms with Gasteiger partial charge >= 0.3 is 0 Å². The third kappa shape index (κ3) is 413. The summed E-state index contributed by atoms with van der Waals surface area (Å²) in [6.45, 7) is 23.4. The standard InChI is InChI=1S/C6H6.C4H10.4C3H8.C2H6O.CH2O.CH4/c1-2-4-6-5-3-1;1-3-4-2;5*1-3-2;1-2;/h1-6H;3-4H2,1-2H3;4*3H2,1-2H3;1-2H3;1H2;1H4. The van der Waals surface area contributed by atoms with Crippen LogP contribution in [0.2, 0.25) is 0 Å². The van der Waals surface area contributed by atoms with Crippen molar-refractivity contribution in [3.05, 3.63) is 36.4 Å². The van der Waals surface area contributed by atoms with Gasteiger partial charge in [-0.25, -0.2) is 0 Å². The van der Waals surface area contributed by atoms with Crippen molar-refractivity contribution in [3.8, 4) is 0 Å². The number of carbonyl (C=O) groups excluding carboxylic acids is 1. The Morgan fingerprint density at radius 3 is 0.607 bits per heavy atom. The number of unbranched alkanes of at least 4 members (excludes halogenated alkanes) is 1. The monoisotopic (exact) mass is 404 g/mol. The smallest absolute Gasteiger partial charge is 0.106 e. The van der Waals surface area contributed by atoms with Gasteiger partial charge in [0.1, 0.15) is 6.79 Å². The van der Waals surface area contributed by atoms with Crippen molar-refractivity contribution in [2.75, 3.05) is 14.2 Å². The average Bonchev–Trinajstić information content (AvgIpc) is 2.68. The Morgan fingerprint density at radius 2 is 0.571 bits per heavy atom. The minimum atomic E-state index is 0. The highest BCUT2D eigenvalue weighted by molar-refractivity contribution is 5.11. The van der Waals surface area contributed by atoms with Gasteiger partial charge in [0.25, 0.3) is 0 Å². The molecule has 28 heavy (non-hydrogen) atoms. The van der Waals surface area contributed by atoms with E-state index in [1.807, 2.05) is 43.2 Å². The summed E-state index contributed by atoms with van der Waals surface area (Å²) in [5.41, 5.74) is 0. The molecular weight excluding hydrogens is 344 g/mol. The van der Waals surface area contributed by atoms with Crippen molar-refractivity contribution in [1.82, 2.24) is 0 Å². The number of carbonyl (C=O) groups is 1. The molecule has 0 aromatic heterocycles. The molecule has 2 nitrogen and oxygen atoms in total. The fourth-order valence-electron chi connectivity index (χ4n) is 0.385. The van der Waals surface area contributed by atoms with E-state index in [2.05, 4.69) is 74.0 Å². The second-order valence-corrected chi connectivity index (χ2v) is 5.39. The summed E-state index contributed by atoms with van der Waals surface area (Å²) < 4.78 is 4.25. The van der Waals surface area contributed by atoms with Crippen molar-refractivity contribution >= 4 is 6.79 Å². The van der Waals surface area contributed by atoms with Gasteiger partial charge in [0, 0.05) is 14.2 Å². The molecule has 0 aliphatic heterocycles. The van der Waals surface area contributed by atoms with Crippen LogP contribution in [0.25, 0.3) is 0 Å². The molecule has 1 aromatic carbocycles. The van der Waals surface area contributed by atoms with Gasteiger partial charge in [0.15, 0.2) is 0 Å². The molecule has 0 spiro atoms. The molecule has 0 saturated heterocycles. The first-order chi connectivity index (χ1) is 13.0. The summed E-state index contributed by atoms with van der Waals surface area (Å²) in [7, 11) is 3.25. The van der Waals surface area contributed by atoms with Gasteiger partial charge in [0.2, 0.25) is 0 Å². The van der Waals surface area contributed by atoms with E-state index in [0.29, 0.717) is 0 Å². The zero-order valence-electron chi connectivity index (χ0n) is 21.2. The van der Waals surface area contributed by atoms with Crippen molar-refractivity contribution in [2.45, 2.75) is 115 Å². The van der Waals surface area contributed by atoms with E-state index in [1.165, 1.54) is 38.5 Å². The Morgan fingerprint density at radius 1 is 0.500 bits per heavy atom. The van der Waals surface area contributed by atoms with Gasteiger partial charge in [-0.3, -0.25) is 0 Å². The molecule has 0 atom stereocenters. The van der Waals surface area contributed by atoms with Gasteiger partial charge in [-0.05, 0) is 0 Å². The molecule has 0 aliphatic carbocycles. The van der Waals surface area contributed by atoms with Crippen LogP contribution in [0, 0.1) is 0 Å². The second-order valence-electron chi connectivity index (χ2n) is 5.39. The SMILES string of the molecule is C.C=O.CCC.CCC.CCC.CCC.CCCC.COC.c1ccccc1. The topological polar surface area (TPSA) is 26.3 Å². The third-order valence-electron chi connectivity index (χ3n) is 1.17. The Hall–Kier alpha value is -1.15. The van der Waals surface area contributed by atoms with Gasteiger partial charge in [-0.15, -0.1) is 0 Å². The molecule has 0 fully saturated rings. The first-order valence-electron chi connectivity index (χ1n) is 10.7. The molecule has 0 amide bonds. The fourth-order valence-corrected chi connectivity index (χ4v) is 0.385. The van der Waals surface area contributed by atoms with E-state index in [9.17, 15) is 0 Å². The number of hydrogen-bond donors (Lipinski definition) is 0. The normalized spacial score (nSPS) is 6.14. The summed E-state index contributed by atoms with van der Waals surface area (Å²) >= 11 is 0. The quantitative estimate of drug-likeness (QED) is 0.465. The molecule has 0 aliphatic rings. The molecular formula is C26H60O2. The molecule has 1 aromatic rings. The maximum Gasteiger partial charge on any atom is 0.106 e. The Bertz CT molecular complexity index is 161. The van der Waals surface area contributed by atoms with E-state index < -0.39 is 0 Å². The predicted molar refractivity (Wildman–Crippen MR) is 138 cm³/mol. The van der Waals surface area contributed by atoms with Gasteiger partial charge < -0.3 is 9.53 Å². The molecule has 0 N–H and O–H groups in total. The third-order valence-corrected chi connectivity index (χ3v) is 1.17. The first kappa shape index (κ1) is 50.5. The van der Waals surface area contributed by atoms with E-state index in [4.69, 9.17) is 4.79 Å².